The third-order valence-corrected chi connectivity index (χ3v) is 9.54. The van der Waals surface area contributed by atoms with Crippen molar-refractivity contribution in [2.75, 3.05) is 0 Å². The Bertz CT molecular complexity index is 2760. The molecule has 0 amide bonds. The van der Waals surface area contributed by atoms with Gasteiger partial charge in [0, 0.05) is 43.7 Å². The second-order valence-electron chi connectivity index (χ2n) is 12.1. The minimum atomic E-state index is 0.628. The molecule has 0 aliphatic carbocycles. The molecule has 0 radical (unpaired) electrons. The second-order valence-corrected chi connectivity index (χ2v) is 12.1. The molecule has 4 nitrogen and oxygen atoms in total. The first-order chi connectivity index (χ1) is 23.7. The van der Waals surface area contributed by atoms with Crippen LogP contribution in [0.4, 0.5) is 0 Å². The molecular weight excluding hydrogens is 587 g/mol. The molecule has 0 spiro atoms. The summed E-state index contributed by atoms with van der Waals surface area (Å²) < 4.78 is 11.2. The van der Waals surface area contributed by atoms with Crippen LogP contribution in [0.1, 0.15) is 16.9 Å². The van der Waals surface area contributed by atoms with Crippen LogP contribution in [0.25, 0.3) is 83.2 Å². The van der Waals surface area contributed by atoms with Crippen molar-refractivity contribution in [3.05, 3.63) is 163 Å². The predicted molar refractivity (Wildman–Crippen MR) is 199 cm³/mol. The zero-order valence-corrected chi connectivity index (χ0v) is 26.3. The molecule has 3 aromatic heterocycles. The number of benzene rings is 6. The van der Waals surface area contributed by atoms with Gasteiger partial charge in [-0.25, -0.2) is 0 Å². The van der Waals surface area contributed by atoms with E-state index in [1.165, 1.54) is 10.8 Å². The van der Waals surface area contributed by atoms with Crippen LogP contribution < -0.4 is 0 Å². The first kappa shape index (κ1) is 27.7. The topological polar surface area (TPSA) is 46.8 Å². The molecule has 226 valence electrons. The number of hydrogen-bond donors (Lipinski definition) is 0. The van der Waals surface area contributed by atoms with Crippen LogP contribution in [0.5, 0.6) is 0 Å². The van der Waals surface area contributed by atoms with Gasteiger partial charge >= 0.3 is 0 Å². The highest BCUT2D eigenvalue weighted by Gasteiger charge is 2.22. The number of furan rings is 1. The Hall–Kier alpha value is -6.57. The Balaban J connectivity index is 1.38. The van der Waals surface area contributed by atoms with E-state index in [1.807, 2.05) is 30.4 Å². The van der Waals surface area contributed by atoms with Crippen LogP contribution in [-0.4, -0.2) is 9.13 Å². The van der Waals surface area contributed by atoms with E-state index in [0.717, 1.165) is 77.6 Å². The first-order valence-corrected chi connectivity index (χ1v) is 16.0. The first-order valence-electron chi connectivity index (χ1n) is 16.0. The highest BCUT2D eigenvalue weighted by molar-refractivity contribution is 6.18. The maximum absolute atomic E-state index is 10.5. The van der Waals surface area contributed by atoms with Crippen molar-refractivity contribution >= 4 is 60.7 Å². The van der Waals surface area contributed by atoms with Gasteiger partial charge in [0.05, 0.1) is 39.4 Å². The van der Waals surface area contributed by atoms with Gasteiger partial charge in [-0.3, -0.25) is 0 Å². The van der Waals surface area contributed by atoms with Crippen LogP contribution in [-0.2, 0) is 0 Å². The number of para-hydroxylation sites is 3. The van der Waals surface area contributed by atoms with E-state index >= 15 is 0 Å². The number of aromatic nitrogens is 2. The Kier molecular flexibility index (Phi) is 6.21. The average molecular weight is 616 g/mol. The van der Waals surface area contributed by atoms with Crippen molar-refractivity contribution in [2.24, 2.45) is 0 Å². The molecule has 3 heterocycles. The Morgan fingerprint density at radius 3 is 2.08 bits per heavy atom. The highest BCUT2D eigenvalue weighted by Crippen LogP contribution is 2.43. The molecular formula is C44H29N3O. The molecule has 0 atom stereocenters. The Morgan fingerprint density at radius 2 is 1.35 bits per heavy atom. The summed E-state index contributed by atoms with van der Waals surface area (Å²) >= 11 is 0. The van der Waals surface area contributed by atoms with Gasteiger partial charge in [0.2, 0.25) is 0 Å². The van der Waals surface area contributed by atoms with E-state index in [2.05, 4.69) is 138 Å². The van der Waals surface area contributed by atoms with Crippen LogP contribution in [0.3, 0.4) is 0 Å². The predicted octanol–water partition coefficient (Wildman–Crippen LogP) is 11.7. The summed E-state index contributed by atoms with van der Waals surface area (Å²) in [5.74, 6) is 0.821. The number of aryl methyl sites for hydroxylation is 1. The van der Waals surface area contributed by atoms with Gasteiger partial charge < -0.3 is 13.6 Å². The lowest BCUT2D eigenvalue weighted by molar-refractivity contribution is 0.603. The minimum absolute atomic E-state index is 0.628. The van der Waals surface area contributed by atoms with Crippen LogP contribution in [0, 0.1) is 18.3 Å². The molecule has 4 heteroatoms. The summed E-state index contributed by atoms with van der Waals surface area (Å²) in [6.07, 6.45) is 5.64. The van der Waals surface area contributed by atoms with Gasteiger partial charge in [-0.05, 0) is 67.1 Å². The van der Waals surface area contributed by atoms with Crippen LogP contribution in [0.15, 0.2) is 151 Å². The largest absolute Gasteiger partial charge is 0.454 e. The van der Waals surface area contributed by atoms with Crippen molar-refractivity contribution in [1.82, 2.24) is 9.13 Å². The molecule has 9 rings (SSSR count). The van der Waals surface area contributed by atoms with Crippen molar-refractivity contribution in [1.29, 1.82) is 5.26 Å². The fourth-order valence-corrected chi connectivity index (χ4v) is 7.42. The number of hydrogen-bond acceptors (Lipinski definition) is 2. The minimum Gasteiger partial charge on any atom is -0.454 e. The zero-order chi connectivity index (χ0) is 32.4. The number of fused-ring (bicyclic) bond motifs is 8. The molecule has 48 heavy (non-hydrogen) atoms. The maximum atomic E-state index is 10.5. The fraction of sp³-hybridized carbons (Fsp3) is 0.0227. The second kappa shape index (κ2) is 10.8. The van der Waals surface area contributed by atoms with Gasteiger partial charge in [0.15, 0.2) is 5.58 Å². The van der Waals surface area contributed by atoms with Crippen LogP contribution >= 0.6 is 0 Å². The third-order valence-electron chi connectivity index (χ3n) is 9.54. The number of nitrogens with zero attached hydrogens (tertiary/aromatic N) is 3. The molecule has 0 fully saturated rings. The van der Waals surface area contributed by atoms with Gasteiger partial charge in [0.25, 0.3) is 0 Å². The van der Waals surface area contributed by atoms with Gasteiger partial charge in [-0.2, -0.15) is 5.26 Å². The summed E-state index contributed by atoms with van der Waals surface area (Å²) in [5, 5.41) is 16.1. The highest BCUT2D eigenvalue weighted by atomic mass is 16.3. The molecule has 0 aliphatic rings. The molecule has 0 N–H and O–H groups in total. The molecule has 0 unspecified atom stereocenters. The molecule has 9 aromatic rings. The fourth-order valence-electron chi connectivity index (χ4n) is 7.42. The van der Waals surface area contributed by atoms with E-state index in [1.54, 1.807) is 6.08 Å². The van der Waals surface area contributed by atoms with E-state index < -0.39 is 0 Å². The summed E-state index contributed by atoms with van der Waals surface area (Å²) in [5.41, 5.74) is 10.8. The summed E-state index contributed by atoms with van der Waals surface area (Å²) in [6, 6.07) is 46.9. The Labute approximate surface area is 277 Å². The summed E-state index contributed by atoms with van der Waals surface area (Å²) in [6.45, 7) is 5.94. The van der Waals surface area contributed by atoms with E-state index in [-0.39, 0.29) is 0 Å². The maximum Gasteiger partial charge on any atom is 0.159 e. The summed E-state index contributed by atoms with van der Waals surface area (Å²) in [7, 11) is 0. The number of nitriles is 1. The molecule has 0 saturated carbocycles. The van der Waals surface area contributed by atoms with Gasteiger partial charge in [0.1, 0.15) is 5.76 Å². The zero-order valence-electron chi connectivity index (χ0n) is 26.3. The number of allylic oxidation sites excluding steroid dienone is 2. The lowest BCUT2D eigenvalue weighted by atomic mass is 9.96. The van der Waals surface area contributed by atoms with E-state index in [4.69, 9.17) is 4.42 Å². The normalized spacial score (nSPS) is 11.8. The Morgan fingerprint density at radius 1 is 0.667 bits per heavy atom. The number of rotatable bonds is 5. The standard InChI is InChI=1S/C44H29N3O/c1-3-4-21-41-28(2)32-23-24-35-36-26-29(22-25-39(36)46(43(35)44(32)48-41)31-14-6-5-7-15-31)42-30(27-45)13-12-20-40(42)47-37-18-10-8-16-33(37)34-17-9-11-19-38(34)47/h3-26H,1H2,2H3/b21-4-. The SMILES string of the molecule is C=C/C=C\c1oc2c(ccc3c4cc(-c5c(C#N)cccc5-n5c6ccccc6c6ccccc65)ccc4n(-c4ccccc4)c32)c1C. The van der Waals surface area contributed by atoms with Gasteiger partial charge in [-0.1, -0.05) is 97.6 Å². The van der Waals surface area contributed by atoms with Crippen molar-refractivity contribution in [3.63, 3.8) is 0 Å². The van der Waals surface area contributed by atoms with Crippen molar-refractivity contribution < 1.29 is 4.42 Å². The molecule has 0 aliphatic heterocycles. The lowest BCUT2D eigenvalue weighted by Crippen LogP contribution is -1.99. The van der Waals surface area contributed by atoms with E-state index in [0.29, 0.717) is 5.56 Å². The van der Waals surface area contributed by atoms with Crippen molar-refractivity contribution in [3.8, 4) is 28.6 Å². The monoisotopic (exact) mass is 615 g/mol. The van der Waals surface area contributed by atoms with Gasteiger partial charge in [-0.15, -0.1) is 0 Å². The lowest BCUT2D eigenvalue weighted by Gasteiger charge is -2.16. The molecule has 0 bridgehead atoms. The smallest absolute Gasteiger partial charge is 0.159 e. The summed E-state index contributed by atoms with van der Waals surface area (Å²) in [4.78, 5) is 0. The van der Waals surface area contributed by atoms with Crippen LogP contribution in [0.2, 0.25) is 0 Å². The van der Waals surface area contributed by atoms with E-state index in [9.17, 15) is 5.26 Å². The van der Waals surface area contributed by atoms with Crippen molar-refractivity contribution in [2.45, 2.75) is 6.92 Å². The molecule has 6 aromatic carbocycles. The molecule has 0 saturated heterocycles. The average Bonchev–Trinajstić information content (AvgIpc) is 3.77. The third kappa shape index (κ3) is 3.95. The quantitative estimate of drug-likeness (QED) is 0.181.